The van der Waals surface area contributed by atoms with Crippen LogP contribution in [0.25, 0.3) is 0 Å². The van der Waals surface area contributed by atoms with Crippen molar-refractivity contribution in [3.8, 4) is 0 Å². The minimum atomic E-state index is 0.724. The Kier molecular flexibility index (Phi) is 8.67. The Labute approximate surface area is 128 Å². The second-order valence-electron chi connectivity index (χ2n) is 5.07. The van der Waals surface area contributed by atoms with Crippen LogP contribution in [-0.2, 0) is 11.3 Å². The Balaban J connectivity index is 2.63. The highest BCUT2D eigenvalue weighted by Gasteiger charge is 2.08. The fourth-order valence-corrected chi connectivity index (χ4v) is 2.38. The first-order chi connectivity index (χ1) is 9.69. The lowest BCUT2D eigenvalue weighted by Crippen LogP contribution is -2.23. The van der Waals surface area contributed by atoms with Gasteiger partial charge in [0.05, 0.1) is 6.61 Å². The Morgan fingerprint density at radius 1 is 1.30 bits per heavy atom. The molecule has 0 amide bonds. The van der Waals surface area contributed by atoms with Crippen LogP contribution >= 0.6 is 11.6 Å². The van der Waals surface area contributed by atoms with Crippen LogP contribution in [0, 0.1) is 0 Å². The molecule has 4 heteroatoms. The number of anilines is 1. The number of hydrogen-bond donors (Lipinski definition) is 1. The zero-order valence-electron chi connectivity index (χ0n) is 12.9. The highest BCUT2D eigenvalue weighted by Crippen LogP contribution is 2.24. The largest absolute Gasteiger partial charge is 0.383 e. The summed E-state index contributed by atoms with van der Waals surface area (Å²) < 4.78 is 5.05. The molecule has 1 aromatic carbocycles. The molecule has 0 aliphatic carbocycles. The van der Waals surface area contributed by atoms with Gasteiger partial charge in [-0.05, 0) is 30.2 Å². The minimum absolute atomic E-state index is 0.724. The zero-order valence-corrected chi connectivity index (χ0v) is 13.7. The first kappa shape index (κ1) is 17.3. The van der Waals surface area contributed by atoms with E-state index < -0.39 is 0 Å². The molecular formula is C16H27ClN2O. The van der Waals surface area contributed by atoms with Crippen LogP contribution in [0.4, 0.5) is 5.69 Å². The maximum Gasteiger partial charge on any atom is 0.0587 e. The second-order valence-corrected chi connectivity index (χ2v) is 5.51. The summed E-state index contributed by atoms with van der Waals surface area (Å²) in [6.45, 7) is 5.70. The lowest BCUT2D eigenvalue weighted by Gasteiger charge is -2.23. The van der Waals surface area contributed by atoms with E-state index in [-0.39, 0.29) is 0 Å². The summed E-state index contributed by atoms with van der Waals surface area (Å²) in [7, 11) is 3.87. The van der Waals surface area contributed by atoms with Gasteiger partial charge in [0.1, 0.15) is 0 Å². The van der Waals surface area contributed by atoms with Gasteiger partial charge in [-0.25, -0.2) is 0 Å². The van der Waals surface area contributed by atoms with Crippen molar-refractivity contribution >= 4 is 17.3 Å². The maximum atomic E-state index is 6.12. The SMILES string of the molecule is CCCCCN(C)c1ccc(Cl)cc1CNCCOC. The molecule has 3 nitrogen and oxygen atoms in total. The number of ether oxygens (including phenoxy) is 1. The van der Waals surface area contributed by atoms with Crippen molar-refractivity contribution in [3.63, 3.8) is 0 Å². The molecule has 0 saturated carbocycles. The van der Waals surface area contributed by atoms with E-state index in [2.05, 4.69) is 30.3 Å². The molecule has 0 saturated heterocycles. The number of rotatable bonds is 10. The van der Waals surface area contributed by atoms with E-state index in [4.69, 9.17) is 16.3 Å². The van der Waals surface area contributed by atoms with Crippen LogP contribution in [0.3, 0.4) is 0 Å². The number of nitrogens with one attached hydrogen (secondary N) is 1. The van der Waals surface area contributed by atoms with Crippen molar-refractivity contribution in [1.29, 1.82) is 0 Å². The van der Waals surface area contributed by atoms with Crippen LogP contribution in [0.15, 0.2) is 18.2 Å². The molecule has 0 spiro atoms. The van der Waals surface area contributed by atoms with Gasteiger partial charge in [-0.3, -0.25) is 0 Å². The number of benzene rings is 1. The molecule has 0 aromatic heterocycles. The third kappa shape index (κ3) is 6.12. The van der Waals surface area contributed by atoms with Crippen molar-refractivity contribution in [3.05, 3.63) is 28.8 Å². The summed E-state index contributed by atoms with van der Waals surface area (Å²) in [5.74, 6) is 0. The standard InChI is InChI=1S/C16H27ClN2O/c1-4-5-6-10-19(2)16-8-7-15(17)12-14(16)13-18-9-11-20-3/h7-8,12,18H,4-6,9-11,13H2,1-3H3. The summed E-state index contributed by atoms with van der Waals surface area (Å²) in [4.78, 5) is 2.32. The van der Waals surface area contributed by atoms with Gasteiger partial charge in [-0.15, -0.1) is 0 Å². The van der Waals surface area contributed by atoms with E-state index in [0.29, 0.717) is 0 Å². The fraction of sp³-hybridized carbons (Fsp3) is 0.625. The number of methoxy groups -OCH3 is 1. The van der Waals surface area contributed by atoms with E-state index in [1.54, 1.807) is 7.11 Å². The molecule has 1 aromatic rings. The van der Waals surface area contributed by atoms with Gasteiger partial charge in [0, 0.05) is 44.5 Å². The quantitative estimate of drug-likeness (QED) is 0.667. The summed E-state index contributed by atoms with van der Waals surface area (Å²) in [5.41, 5.74) is 2.50. The molecule has 0 aliphatic rings. The number of unbranched alkanes of at least 4 members (excludes halogenated alkanes) is 2. The van der Waals surface area contributed by atoms with E-state index in [1.165, 1.54) is 30.5 Å². The third-order valence-corrected chi connectivity index (χ3v) is 3.58. The topological polar surface area (TPSA) is 24.5 Å². The van der Waals surface area contributed by atoms with Gasteiger partial charge in [0.25, 0.3) is 0 Å². The van der Waals surface area contributed by atoms with Crippen LogP contribution < -0.4 is 10.2 Å². The highest BCUT2D eigenvalue weighted by atomic mass is 35.5. The first-order valence-electron chi connectivity index (χ1n) is 7.38. The summed E-state index contributed by atoms with van der Waals surface area (Å²) >= 11 is 6.12. The predicted molar refractivity (Wildman–Crippen MR) is 87.8 cm³/mol. The van der Waals surface area contributed by atoms with Crippen molar-refractivity contribution in [2.45, 2.75) is 32.7 Å². The van der Waals surface area contributed by atoms with E-state index in [1.807, 2.05) is 12.1 Å². The van der Waals surface area contributed by atoms with Gasteiger partial charge in [0.15, 0.2) is 0 Å². The fourth-order valence-electron chi connectivity index (χ4n) is 2.18. The number of halogens is 1. The molecule has 0 aliphatic heterocycles. The molecule has 1 N–H and O–H groups in total. The predicted octanol–water partition coefficient (Wildman–Crippen LogP) is 3.70. The monoisotopic (exact) mass is 298 g/mol. The molecule has 0 bridgehead atoms. The Morgan fingerprint density at radius 2 is 2.10 bits per heavy atom. The first-order valence-corrected chi connectivity index (χ1v) is 7.76. The highest BCUT2D eigenvalue weighted by molar-refractivity contribution is 6.30. The van der Waals surface area contributed by atoms with E-state index in [0.717, 1.165) is 31.3 Å². The van der Waals surface area contributed by atoms with Crippen molar-refractivity contribution < 1.29 is 4.74 Å². The van der Waals surface area contributed by atoms with Crippen LogP contribution in [0.1, 0.15) is 31.7 Å². The van der Waals surface area contributed by atoms with Crippen molar-refractivity contribution in [2.75, 3.05) is 38.8 Å². The second kappa shape index (κ2) is 10.0. The van der Waals surface area contributed by atoms with Crippen molar-refractivity contribution in [1.82, 2.24) is 5.32 Å². The maximum absolute atomic E-state index is 6.12. The summed E-state index contributed by atoms with van der Waals surface area (Å²) in [6.07, 6.45) is 3.76. The van der Waals surface area contributed by atoms with E-state index in [9.17, 15) is 0 Å². The molecule has 114 valence electrons. The molecule has 0 heterocycles. The lowest BCUT2D eigenvalue weighted by molar-refractivity contribution is 0.199. The summed E-state index contributed by atoms with van der Waals surface area (Å²) in [6, 6.07) is 6.13. The van der Waals surface area contributed by atoms with Crippen LogP contribution in [0.5, 0.6) is 0 Å². The molecule has 0 atom stereocenters. The van der Waals surface area contributed by atoms with Crippen LogP contribution in [0.2, 0.25) is 5.02 Å². The molecule has 0 radical (unpaired) electrons. The average molecular weight is 299 g/mol. The van der Waals surface area contributed by atoms with E-state index >= 15 is 0 Å². The lowest BCUT2D eigenvalue weighted by atomic mass is 10.1. The molecule has 0 unspecified atom stereocenters. The molecule has 1 rings (SSSR count). The Hall–Kier alpha value is -0.770. The number of hydrogen-bond acceptors (Lipinski definition) is 3. The van der Waals surface area contributed by atoms with Gasteiger partial charge < -0.3 is 15.0 Å². The van der Waals surface area contributed by atoms with Gasteiger partial charge in [-0.2, -0.15) is 0 Å². The summed E-state index contributed by atoms with van der Waals surface area (Å²) in [5, 5.41) is 4.17. The van der Waals surface area contributed by atoms with Crippen LogP contribution in [-0.4, -0.2) is 33.9 Å². The van der Waals surface area contributed by atoms with Gasteiger partial charge >= 0.3 is 0 Å². The minimum Gasteiger partial charge on any atom is -0.383 e. The van der Waals surface area contributed by atoms with Gasteiger partial charge in [-0.1, -0.05) is 31.4 Å². The smallest absolute Gasteiger partial charge is 0.0587 e. The molecule has 0 fully saturated rings. The normalized spacial score (nSPS) is 10.8. The van der Waals surface area contributed by atoms with Gasteiger partial charge in [0.2, 0.25) is 0 Å². The molecule has 20 heavy (non-hydrogen) atoms. The van der Waals surface area contributed by atoms with Crippen molar-refractivity contribution in [2.24, 2.45) is 0 Å². The Morgan fingerprint density at radius 3 is 2.80 bits per heavy atom. The zero-order chi connectivity index (χ0) is 14.8. The number of nitrogens with zero attached hydrogens (tertiary/aromatic N) is 1. The third-order valence-electron chi connectivity index (χ3n) is 3.35. The average Bonchev–Trinajstić information content (AvgIpc) is 2.44. The molecular weight excluding hydrogens is 272 g/mol. The Bertz CT molecular complexity index is 385.